The van der Waals surface area contributed by atoms with Crippen molar-refractivity contribution in [2.24, 2.45) is 0 Å². The Bertz CT molecular complexity index is 1420. The summed E-state index contributed by atoms with van der Waals surface area (Å²) in [4.78, 5) is 0. The second-order valence-electron chi connectivity index (χ2n) is 7.72. The van der Waals surface area contributed by atoms with E-state index in [0.717, 1.165) is 6.42 Å². The van der Waals surface area contributed by atoms with Crippen LogP contribution >= 0.6 is 0 Å². The maximum absolute atomic E-state index is 2.32. The van der Waals surface area contributed by atoms with E-state index in [2.05, 4.69) is 119 Å². The van der Waals surface area contributed by atoms with Gasteiger partial charge in [0.25, 0.3) is 0 Å². The van der Waals surface area contributed by atoms with Gasteiger partial charge in [0.05, 0.1) is 0 Å². The molecule has 0 saturated carbocycles. The molecule has 0 amide bonds. The van der Waals surface area contributed by atoms with E-state index in [-0.39, 0.29) is 0 Å². The lowest BCUT2D eigenvalue weighted by Crippen LogP contribution is -2.19. The quantitative estimate of drug-likeness (QED) is 0.297. The van der Waals surface area contributed by atoms with E-state index in [1.165, 1.54) is 43.7 Å². The minimum Gasteiger partial charge on any atom is -0.167 e. The number of fused-ring (bicyclic) bond motifs is 4. The molecule has 0 saturated heterocycles. The van der Waals surface area contributed by atoms with Crippen LogP contribution in [0.25, 0.3) is 32.6 Å². The predicted molar refractivity (Wildman–Crippen MR) is 117 cm³/mol. The van der Waals surface area contributed by atoms with Crippen LogP contribution in [0.3, 0.4) is 0 Å². The summed E-state index contributed by atoms with van der Waals surface area (Å²) < 4.78 is 4.35. The third kappa shape index (κ3) is 2.90. The standard InChI is InChI=1S/C27H20N2/c1-3-11-28-18-22-9-7-20(14-24(22)16-26(28)5-1)13-21-8-10-23-19-29-12-4-2-6-27(29)17-25(23)15-21/h1-12,14-19H,13H2/q+2. The highest BCUT2D eigenvalue weighted by atomic mass is 14.8. The van der Waals surface area contributed by atoms with Gasteiger partial charge in [0.2, 0.25) is 11.0 Å². The molecule has 0 atom stereocenters. The number of rotatable bonds is 2. The first kappa shape index (κ1) is 16.2. The highest BCUT2D eigenvalue weighted by Gasteiger charge is 2.08. The summed E-state index contributed by atoms with van der Waals surface area (Å²) in [5, 5.41) is 5.10. The van der Waals surface area contributed by atoms with Gasteiger partial charge in [0.15, 0.2) is 24.8 Å². The third-order valence-electron chi connectivity index (χ3n) is 5.72. The number of pyridine rings is 4. The highest BCUT2D eigenvalue weighted by Crippen LogP contribution is 2.21. The molecule has 0 aliphatic rings. The van der Waals surface area contributed by atoms with E-state index < -0.39 is 0 Å². The van der Waals surface area contributed by atoms with Gasteiger partial charge < -0.3 is 0 Å². The third-order valence-corrected chi connectivity index (χ3v) is 5.72. The number of aromatic nitrogens is 2. The molecular weight excluding hydrogens is 352 g/mol. The Morgan fingerprint density at radius 3 is 1.52 bits per heavy atom. The van der Waals surface area contributed by atoms with Crippen LogP contribution in [0.4, 0.5) is 0 Å². The maximum Gasteiger partial charge on any atom is 0.211 e. The second kappa shape index (κ2) is 6.39. The minimum atomic E-state index is 0.936. The van der Waals surface area contributed by atoms with Gasteiger partial charge in [-0.05, 0) is 52.6 Å². The molecule has 0 unspecified atom stereocenters. The molecular formula is C27H20N2+2. The molecule has 2 aromatic carbocycles. The van der Waals surface area contributed by atoms with Crippen LogP contribution in [0.15, 0.2) is 110 Å². The molecule has 0 fully saturated rings. The van der Waals surface area contributed by atoms with Crippen LogP contribution in [0, 0.1) is 0 Å². The van der Waals surface area contributed by atoms with Crippen molar-refractivity contribution in [3.8, 4) is 0 Å². The number of nitrogens with zero attached hydrogens (tertiary/aromatic N) is 2. The van der Waals surface area contributed by atoms with Gasteiger partial charge in [-0.15, -0.1) is 0 Å². The van der Waals surface area contributed by atoms with Gasteiger partial charge in [0, 0.05) is 47.2 Å². The summed E-state index contributed by atoms with van der Waals surface area (Å²) in [5.41, 5.74) is 5.11. The van der Waals surface area contributed by atoms with Crippen molar-refractivity contribution < 1.29 is 8.80 Å². The largest absolute Gasteiger partial charge is 0.211 e. The highest BCUT2D eigenvalue weighted by molar-refractivity contribution is 5.85. The van der Waals surface area contributed by atoms with Gasteiger partial charge in [-0.2, -0.15) is 8.80 Å². The Balaban J connectivity index is 1.40. The summed E-state index contributed by atoms with van der Waals surface area (Å²) >= 11 is 0. The molecule has 2 nitrogen and oxygen atoms in total. The molecule has 6 aromatic rings. The molecule has 0 aliphatic carbocycles. The minimum absolute atomic E-state index is 0.936. The lowest BCUT2D eigenvalue weighted by molar-refractivity contribution is -0.510. The lowest BCUT2D eigenvalue weighted by Gasteiger charge is -2.06. The monoisotopic (exact) mass is 372 g/mol. The predicted octanol–water partition coefficient (Wildman–Crippen LogP) is 5.06. The van der Waals surface area contributed by atoms with Crippen molar-refractivity contribution in [1.82, 2.24) is 0 Å². The molecule has 0 radical (unpaired) electrons. The second-order valence-corrected chi connectivity index (χ2v) is 7.72. The van der Waals surface area contributed by atoms with Crippen LogP contribution in [-0.2, 0) is 6.42 Å². The van der Waals surface area contributed by atoms with E-state index >= 15 is 0 Å². The normalized spacial score (nSPS) is 11.6. The van der Waals surface area contributed by atoms with Crippen molar-refractivity contribution in [1.29, 1.82) is 0 Å². The van der Waals surface area contributed by atoms with Crippen molar-refractivity contribution in [3.05, 3.63) is 121 Å². The topological polar surface area (TPSA) is 8.20 Å². The zero-order valence-electron chi connectivity index (χ0n) is 16.0. The average Bonchev–Trinajstić information content (AvgIpc) is 2.76. The summed E-state index contributed by atoms with van der Waals surface area (Å²) in [6.45, 7) is 0. The first-order valence-electron chi connectivity index (χ1n) is 9.97. The van der Waals surface area contributed by atoms with Crippen molar-refractivity contribution in [3.63, 3.8) is 0 Å². The Hall–Kier alpha value is -3.78. The van der Waals surface area contributed by atoms with Gasteiger partial charge in [-0.25, -0.2) is 0 Å². The van der Waals surface area contributed by atoms with Gasteiger partial charge >= 0.3 is 0 Å². The number of hydrogen-bond acceptors (Lipinski definition) is 0. The van der Waals surface area contributed by atoms with E-state index in [9.17, 15) is 0 Å². The van der Waals surface area contributed by atoms with Gasteiger partial charge in [-0.1, -0.05) is 24.3 Å². The fourth-order valence-electron chi connectivity index (χ4n) is 4.23. The molecule has 0 aliphatic heterocycles. The summed E-state index contributed by atoms with van der Waals surface area (Å²) in [7, 11) is 0. The fourth-order valence-corrected chi connectivity index (χ4v) is 4.23. The molecule has 0 spiro atoms. The van der Waals surface area contributed by atoms with Crippen LogP contribution in [-0.4, -0.2) is 0 Å². The van der Waals surface area contributed by atoms with Crippen LogP contribution in [0.5, 0.6) is 0 Å². The van der Waals surface area contributed by atoms with Crippen molar-refractivity contribution in [2.45, 2.75) is 6.42 Å². The lowest BCUT2D eigenvalue weighted by atomic mass is 9.99. The zero-order chi connectivity index (χ0) is 19.2. The van der Waals surface area contributed by atoms with Crippen LogP contribution in [0.1, 0.15) is 11.1 Å². The maximum atomic E-state index is 2.32. The molecule has 29 heavy (non-hydrogen) atoms. The number of benzene rings is 2. The summed E-state index contributed by atoms with van der Waals surface area (Å²) in [6, 6.07) is 30.7. The summed E-state index contributed by atoms with van der Waals surface area (Å²) in [5.74, 6) is 0. The Morgan fingerprint density at radius 1 is 0.483 bits per heavy atom. The Kier molecular flexibility index (Phi) is 3.57. The molecule has 136 valence electrons. The molecule has 4 heterocycles. The van der Waals surface area contributed by atoms with E-state index in [4.69, 9.17) is 0 Å². The number of hydrogen-bond donors (Lipinski definition) is 0. The molecule has 4 aromatic heterocycles. The average molecular weight is 372 g/mol. The van der Waals surface area contributed by atoms with E-state index in [1.807, 2.05) is 0 Å². The molecule has 0 bridgehead atoms. The Labute approximate surface area is 168 Å². The van der Waals surface area contributed by atoms with Crippen molar-refractivity contribution in [2.75, 3.05) is 0 Å². The molecule has 2 heteroatoms. The van der Waals surface area contributed by atoms with Gasteiger partial charge in [-0.3, -0.25) is 0 Å². The zero-order valence-corrected chi connectivity index (χ0v) is 16.0. The van der Waals surface area contributed by atoms with Gasteiger partial charge in [0.1, 0.15) is 0 Å². The van der Waals surface area contributed by atoms with E-state index in [0.29, 0.717) is 0 Å². The smallest absolute Gasteiger partial charge is 0.167 e. The first-order chi connectivity index (χ1) is 14.3. The van der Waals surface area contributed by atoms with Crippen molar-refractivity contribution >= 4 is 32.6 Å². The van der Waals surface area contributed by atoms with Crippen LogP contribution < -0.4 is 8.80 Å². The van der Waals surface area contributed by atoms with E-state index in [1.54, 1.807) is 0 Å². The summed E-state index contributed by atoms with van der Waals surface area (Å²) in [6.07, 6.45) is 9.53. The molecule has 0 N–H and O–H groups in total. The SMILES string of the molecule is c1cc[n+]2cc3ccc(Cc4ccc5c[n+]6ccccc6cc5c4)cc3cc2c1. The Morgan fingerprint density at radius 2 is 1.00 bits per heavy atom. The van der Waals surface area contributed by atoms with Crippen LogP contribution in [0.2, 0.25) is 0 Å². The first-order valence-corrected chi connectivity index (χ1v) is 9.97. The molecule has 6 rings (SSSR count). The fraction of sp³-hybridized carbons (Fsp3) is 0.0370.